The molecule has 0 aliphatic rings. The predicted molar refractivity (Wildman–Crippen MR) is 96.7 cm³/mol. The zero-order valence-electron chi connectivity index (χ0n) is 14.7. The van der Waals surface area contributed by atoms with Crippen LogP contribution in [0.15, 0.2) is 30.3 Å². The van der Waals surface area contributed by atoms with Gasteiger partial charge in [-0.3, -0.25) is 4.98 Å². The molecular weight excluding hydrogens is 282 g/mol. The third-order valence-electron chi connectivity index (χ3n) is 5.01. The first kappa shape index (κ1) is 15.5. The topological polar surface area (TPSA) is 22.1 Å². The van der Waals surface area contributed by atoms with Gasteiger partial charge in [0.25, 0.3) is 0 Å². The Balaban J connectivity index is 2.38. The molecule has 0 bridgehead atoms. The number of pyridine rings is 1. The van der Waals surface area contributed by atoms with Crippen LogP contribution in [0.2, 0.25) is 0 Å². The number of hydrogen-bond acceptors (Lipinski definition) is 2. The van der Waals surface area contributed by atoms with Crippen LogP contribution in [-0.2, 0) is 0 Å². The predicted octanol–water partition coefficient (Wildman–Crippen LogP) is 5.88. The van der Waals surface area contributed by atoms with Crippen molar-refractivity contribution in [1.29, 1.82) is 0 Å². The molecule has 0 radical (unpaired) electrons. The molecule has 23 heavy (non-hydrogen) atoms. The lowest BCUT2D eigenvalue weighted by Gasteiger charge is -2.20. The van der Waals surface area contributed by atoms with E-state index in [-0.39, 0.29) is 0 Å². The largest absolute Gasteiger partial charge is 0.456 e. The Kier molecular flexibility index (Phi) is 3.85. The van der Waals surface area contributed by atoms with E-state index < -0.39 is 0 Å². The Bertz CT molecular complexity index is 895. The van der Waals surface area contributed by atoms with Crippen molar-refractivity contribution in [3.8, 4) is 11.5 Å². The van der Waals surface area contributed by atoms with Crippen LogP contribution in [0, 0.1) is 41.5 Å². The van der Waals surface area contributed by atoms with Gasteiger partial charge in [0, 0.05) is 11.1 Å². The summed E-state index contributed by atoms with van der Waals surface area (Å²) in [6.45, 7) is 12.8. The Hall–Kier alpha value is -2.35. The third kappa shape index (κ3) is 2.48. The summed E-state index contributed by atoms with van der Waals surface area (Å²) in [7, 11) is 0. The van der Waals surface area contributed by atoms with Crippen molar-refractivity contribution in [2.75, 3.05) is 0 Å². The van der Waals surface area contributed by atoms with E-state index in [4.69, 9.17) is 9.72 Å². The van der Waals surface area contributed by atoms with Crippen LogP contribution in [-0.4, -0.2) is 4.98 Å². The minimum absolute atomic E-state index is 0.859. The van der Waals surface area contributed by atoms with Crippen LogP contribution >= 0.6 is 0 Å². The molecule has 118 valence electrons. The zero-order valence-corrected chi connectivity index (χ0v) is 14.7. The van der Waals surface area contributed by atoms with Crippen LogP contribution in [0.25, 0.3) is 10.9 Å². The van der Waals surface area contributed by atoms with Gasteiger partial charge in [-0.1, -0.05) is 18.2 Å². The maximum atomic E-state index is 6.29. The number of ether oxygens (including phenoxy) is 1. The summed E-state index contributed by atoms with van der Waals surface area (Å²) in [4.78, 5) is 4.86. The minimum Gasteiger partial charge on any atom is -0.456 e. The molecule has 3 rings (SSSR count). The highest BCUT2D eigenvalue weighted by Gasteiger charge is 2.18. The van der Waals surface area contributed by atoms with E-state index in [2.05, 4.69) is 41.5 Å². The van der Waals surface area contributed by atoms with E-state index in [0.717, 1.165) is 28.1 Å². The highest BCUT2D eigenvalue weighted by molar-refractivity contribution is 5.94. The highest BCUT2D eigenvalue weighted by atomic mass is 16.5. The zero-order chi connectivity index (χ0) is 16.7. The molecule has 0 unspecified atom stereocenters. The number of rotatable bonds is 2. The highest BCUT2D eigenvalue weighted by Crippen LogP contribution is 2.40. The molecule has 0 atom stereocenters. The number of benzene rings is 2. The van der Waals surface area contributed by atoms with Gasteiger partial charge >= 0.3 is 0 Å². The molecule has 0 aliphatic heterocycles. The molecule has 0 saturated heterocycles. The molecule has 0 saturated carbocycles. The molecule has 0 N–H and O–H groups in total. The maximum absolute atomic E-state index is 6.29. The third-order valence-corrected chi connectivity index (χ3v) is 5.01. The first-order valence-corrected chi connectivity index (χ1v) is 8.02. The van der Waals surface area contributed by atoms with Crippen molar-refractivity contribution in [3.63, 3.8) is 0 Å². The van der Waals surface area contributed by atoms with Gasteiger partial charge in [0.1, 0.15) is 11.5 Å². The van der Waals surface area contributed by atoms with E-state index in [1.807, 2.05) is 30.3 Å². The lowest BCUT2D eigenvalue weighted by Crippen LogP contribution is -2.02. The standard InChI is InChI=1S/C21H23NO/c1-12-15(4)20-19(14(3)13(2)17(6)22-20)21(16(12)5)23-18-10-8-7-9-11-18/h7-11H,1-6H3. The van der Waals surface area contributed by atoms with Crippen molar-refractivity contribution >= 4 is 10.9 Å². The minimum atomic E-state index is 0.859. The van der Waals surface area contributed by atoms with Gasteiger partial charge in [0.2, 0.25) is 0 Å². The summed E-state index contributed by atoms with van der Waals surface area (Å²) in [6.07, 6.45) is 0. The lowest BCUT2D eigenvalue weighted by atomic mass is 9.94. The van der Waals surface area contributed by atoms with E-state index in [9.17, 15) is 0 Å². The maximum Gasteiger partial charge on any atom is 0.140 e. The summed E-state index contributed by atoms with van der Waals surface area (Å²) >= 11 is 0. The van der Waals surface area contributed by atoms with Gasteiger partial charge in [0.15, 0.2) is 0 Å². The van der Waals surface area contributed by atoms with Gasteiger partial charge in [-0.05, 0) is 81.5 Å². The van der Waals surface area contributed by atoms with Gasteiger partial charge in [-0.15, -0.1) is 0 Å². The summed E-state index contributed by atoms with van der Waals surface area (Å²) in [5, 5.41) is 1.14. The average Bonchev–Trinajstić information content (AvgIpc) is 2.55. The molecule has 0 aliphatic carbocycles. The van der Waals surface area contributed by atoms with E-state index in [0.29, 0.717) is 0 Å². The Morgan fingerprint density at radius 3 is 2.00 bits per heavy atom. The van der Waals surface area contributed by atoms with Crippen molar-refractivity contribution in [3.05, 3.63) is 63.8 Å². The Morgan fingerprint density at radius 1 is 0.696 bits per heavy atom. The van der Waals surface area contributed by atoms with Crippen LogP contribution in [0.1, 0.15) is 33.5 Å². The molecule has 2 aromatic carbocycles. The Morgan fingerprint density at radius 2 is 1.35 bits per heavy atom. The molecule has 0 spiro atoms. The summed E-state index contributed by atoms with van der Waals surface area (Å²) < 4.78 is 6.29. The summed E-state index contributed by atoms with van der Waals surface area (Å²) in [6, 6.07) is 9.97. The van der Waals surface area contributed by atoms with E-state index in [1.165, 1.54) is 27.8 Å². The van der Waals surface area contributed by atoms with Gasteiger partial charge in [0.05, 0.1) is 5.52 Å². The second kappa shape index (κ2) is 5.69. The number of aromatic nitrogens is 1. The quantitative estimate of drug-likeness (QED) is 0.590. The molecule has 0 fully saturated rings. The van der Waals surface area contributed by atoms with Crippen molar-refractivity contribution in [2.24, 2.45) is 0 Å². The summed E-state index contributed by atoms with van der Waals surface area (Å²) in [5.74, 6) is 1.79. The van der Waals surface area contributed by atoms with Crippen molar-refractivity contribution in [2.45, 2.75) is 41.5 Å². The van der Waals surface area contributed by atoms with Gasteiger partial charge < -0.3 is 4.74 Å². The van der Waals surface area contributed by atoms with Gasteiger partial charge in [-0.2, -0.15) is 0 Å². The summed E-state index contributed by atoms with van der Waals surface area (Å²) in [5.41, 5.74) is 8.31. The van der Waals surface area contributed by atoms with Gasteiger partial charge in [-0.25, -0.2) is 0 Å². The molecule has 1 aromatic heterocycles. The van der Waals surface area contributed by atoms with Crippen LogP contribution in [0.4, 0.5) is 0 Å². The normalized spacial score (nSPS) is 11.0. The molecule has 1 heterocycles. The fourth-order valence-corrected chi connectivity index (χ4v) is 3.04. The molecule has 0 amide bonds. The molecular formula is C21H23NO. The second-order valence-corrected chi connectivity index (χ2v) is 6.29. The van der Waals surface area contributed by atoms with Crippen LogP contribution < -0.4 is 4.74 Å². The smallest absolute Gasteiger partial charge is 0.140 e. The fraction of sp³-hybridized carbons (Fsp3) is 0.286. The number of fused-ring (bicyclic) bond motifs is 1. The van der Waals surface area contributed by atoms with Crippen LogP contribution in [0.3, 0.4) is 0 Å². The Labute approximate surface area is 138 Å². The SMILES string of the molecule is Cc1nc2c(C)c(C)c(C)c(Oc3ccccc3)c2c(C)c1C. The van der Waals surface area contributed by atoms with E-state index in [1.54, 1.807) is 0 Å². The number of para-hydroxylation sites is 1. The number of aryl methyl sites for hydroxylation is 3. The monoisotopic (exact) mass is 305 g/mol. The molecule has 3 aromatic rings. The number of hydrogen-bond donors (Lipinski definition) is 0. The first-order valence-electron chi connectivity index (χ1n) is 8.02. The lowest BCUT2D eigenvalue weighted by molar-refractivity contribution is 0.483. The second-order valence-electron chi connectivity index (χ2n) is 6.29. The average molecular weight is 305 g/mol. The first-order chi connectivity index (χ1) is 10.9. The van der Waals surface area contributed by atoms with Crippen molar-refractivity contribution in [1.82, 2.24) is 4.98 Å². The number of nitrogens with zero attached hydrogens (tertiary/aromatic N) is 1. The molecule has 2 heteroatoms. The fourth-order valence-electron chi connectivity index (χ4n) is 3.04. The van der Waals surface area contributed by atoms with E-state index >= 15 is 0 Å². The van der Waals surface area contributed by atoms with Crippen molar-refractivity contribution < 1.29 is 4.74 Å². The molecule has 2 nitrogen and oxygen atoms in total. The van der Waals surface area contributed by atoms with Crippen LogP contribution in [0.5, 0.6) is 11.5 Å².